The quantitative estimate of drug-likeness (QED) is 0.831. The van der Waals surface area contributed by atoms with Crippen LogP contribution in [0.1, 0.15) is 29.2 Å². The van der Waals surface area contributed by atoms with Crippen LogP contribution in [0.4, 0.5) is 4.39 Å². The number of halogens is 1. The fourth-order valence-corrected chi connectivity index (χ4v) is 1.80. The highest BCUT2D eigenvalue weighted by atomic mass is 19.1. The van der Waals surface area contributed by atoms with E-state index in [1.165, 1.54) is 0 Å². The van der Waals surface area contributed by atoms with Crippen molar-refractivity contribution in [2.75, 3.05) is 13.8 Å². The van der Waals surface area contributed by atoms with E-state index in [1.54, 1.807) is 7.11 Å². The monoisotopic (exact) mass is 211 g/mol. The summed E-state index contributed by atoms with van der Waals surface area (Å²) in [6, 6.07) is 3.71. The van der Waals surface area contributed by atoms with Crippen molar-refractivity contribution in [2.45, 2.75) is 26.3 Å². The van der Waals surface area contributed by atoms with E-state index in [1.807, 2.05) is 26.0 Å². The van der Waals surface area contributed by atoms with Crippen LogP contribution in [-0.2, 0) is 0 Å². The van der Waals surface area contributed by atoms with Crippen LogP contribution < -0.4 is 10.5 Å². The number of hydrogen-bond acceptors (Lipinski definition) is 2. The van der Waals surface area contributed by atoms with Crippen LogP contribution in [0.2, 0.25) is 0 Å². The number of nitrogens with two attached hydrogens (primary N) is 1. The maximum absolute atomic E-state index is 12.2. The second-order valence-electron chi connectivity index (χ2n) is 3.77. The smallest absolute Gasteiger partial charge is 0.124 e. The molecule has 0 saturated heterocycles. The predicted molar refractivity (Wildman–Crippen MR) is 60.0 cm³/mol. The van der Waals surface area contributed by atoms with E-state index >= 15 is 0 Å². The van der Waals surface area contributed by atoms with Gasteiger partial charge in [0, 0.05) is 6.04 Å². The first-order valence-electron chi connectivity index (χ1n) is 5.06. The van der Waals surface area contributed by atoms with Gasteiger partial charge in [0.25, 0.3) is 0 Å². The highest BCUT2D eigenvalue weighted by molar-refractivity contribution is 5.44. The zero-order valence-electron chi connectivity index (χ0n) is 9.51. The first-order valence-corrected chi connectivity index (χ1v) is 5.06. The van der Waals surface area contributed by atoms with Crippen LogP contribution in [0.5, 0.6) is 5.75 Å². The van der Waals surface area contributed by atoms with Gasteiger partial charge in [-0.2, -0.15) is 0 Å². The van der Waals surface area contributed by atoms with E-state index in [-0.39, 0.29) is 12.7 Å². The molecule has 84 valence electrons. The lowest BCUT2D eigenvalue weighted by atomic mass is 9.99. The van der Waals surface area contributed by atoms with E-state index < -0.39 is 0 Å². The molecular formula is C12H18FNO. The van der Waals surface area contributed by atoms with Gasteiger partial charge in [-0.05, 0) is 37.0 Å². The normalized spacial score (nSPS) is 12.6. The van der Waals surface area contributed by atoms with Crippen molar-refractivity contribution in [1.29, 1.82) is 0 Å². The zero-order valence-corrected chi connectivity index (χ0v) is 9.51. The number of alkyl halides is 1. The molecule has 0 spiro atoms. The minimum absolute atomic E-state index is 0.224. The molecule has 0 heterocycles. The molecule has 1 aromatic carbocycles. The van der Waals surface area contributed by atoms with Crippen molar-refractivity contribution in [3.05, 3.63) is 28.8 Å². The molecule has 1 aromatic rings. The summed E-state index contributed by atoms with van der Waals surface area (Å²) in [5, 5.41) is 0. The lowest BCUT2D eigenvalue weighted by Crippen LogP contribution is -2.11. The molecule has 0 amide bonds. The summed E-state index contributed by atoms with van der Waals surface area (Å²) >= 11 is 0. The van der Waals surface area contributed by atoms with Crippen LogP contribution in [0.25, 0.3) is 0 Å². The van der Waals surface area contributed by atoms with Crippen LogP contribution in [-0.4, -0.2) is 13.8 Å². The van der Waals surface area contributed by atoms with Gasteiger partial charge >= 0.3 is 0 Å². The van der Waals surface area contributed by atoms with Gasteiger partial charge in [-0.25, -0.2) is 0 Å². The standard InChI is InChI=1S/C12H18FNO/c1-8-6-10(11(14)4-5-13)7-9(2)12(8)15-3/h6-7,11H,4-5,14H2,1-3H3/t11-/m0/s1. The summed E-state index contributed by atoms with van der Waals surface area (Å²) in [5.74, 6) is 0.881. The molecule has 1 atom stereocenters. The molecule has 15 heavy (non-hydrogen) atoms. The fraction of sp³-hybridized carbons (Fsp3) is 0.500. The number of benzene rings is 1. The number of ether oxygens (including phenoxy) is 1. The summed E-state index contributed by atoms with van der Waals surface area (Å²) in [6.45, 7) is 3.56. The third-order valence-electron chi connectivity index (χ3n) is 2.54. The molecule has 0 aliphatic rings. The Morgan fingerprint density at radius 3 is 2.27 bits per heavy atom. The Hall–Kier alpha value is -1.09. The molecule has 2 N–H and O–H groups in total. The van der Waals surface area contributed by atoms with Crippen molar-refractivity contribution in [3.8, 4) is 5.75 Å². The molecule has 0 aliphatic heterocycles. The largest absolute Gasteiger partial charge is 0.496 e. The van der Waals surface area contributed by atoms with Crippen molar-refractivity contribution in [1.82, 2.24) is 0 Å². The molecule has 0 aliphatic carbocycles. The Kier molecular flexibility index (Phi) is 4.09. The molecule has 0 bridgehead atoms. The third kappa shape index (κ3) is 2.69. The van der Waals surface area contributed by atoms with Gasteiger partial charge in [-0.3, -0.25) is 4.39 Å². The van der Waals surface area contributed by atoms with E-state index in [0.29, 0.717) is 6.42 Å². The van der Waals surface area contributed by atoms with Gasteiger partial charge in [-0.1, -0.05) is 12.1 Å². The highest BCUT2D eigenvalue weighted by Crippen LogP contribution is 2.27. The average molecular weight is 211 g/mol. The van der Waals surface area contributed by atoms with E-state index in [4.69, 9.17) is 10.5 Å². The molecule has 2 nitrogen and oxygen atoms in total. The third-order valence-corrected chi connectivity index (χ3v) is 2.54. The molecule has 0 aromatic heterocycles. The lowest BCUT2D eigenvalue weighted by Gasteiger charge is -2.15. The number of aryl methyl sites for hydroxylation is 2. The van der Waals surface area contributed by atoms with Crippen molar-refractivity contribution >= 4 is 0 Å². The van der Waals surface area contributed by atoms with Gasteiger partial charge in [-0.15, -0.1) is 0 Å². The van der Waals surface area contributed by atoms with Crippen LogP contribution in [0.15, 0.2) is 12.1 Å². The van der Waals surface area contributed by atoms with Gasteiger partial charge in [0.1, 0.15) is 5.75 Å². The number of methoxy groups -OCH3 is 1. The molecule has 1 rings (SSSR count). The SMILES string of the molecule is COc1c(C)cc([C@@H](N)CCF)cc1C. The minimum atomic E-state index is -0.384. The Balaban J connectivity index is 3.02. The van der Waals surface area contributed by atoms with Gasteiger partial charge < -0.3 is 10.5 Å². The molecule has 0 radical (unpaired) electrons. The fourth-order valence-electron chi connectivity index (χ4n) is 1.80. The lowest BCUT2D eigenvalue weighted by molar-refractivity contribution is 0.407. The number of rotatable bonds is 4. The molecule has 0 saturated carbocycles. The number of hydrogen-bond donors (Lipinski definition) is 1. The van der Waals surface area contributed by atoms with E-state index in [0.717, 1.165) is 22.4 Å². The van der Waals surface area contributed by atoms with Crippen LogP contribution >= 0.6 is 0 Å². The Labute approximate surface area is 90.2 Å². The second kappa shape index (κ2) is 5.12. The second-order valence-corrected chi connectivity index (χ2v) is 3.77. The van der Waals surface area contributed by atoms with Gasteiger partial charge in [0.05, 0.1) is 13.8 Å². The van der Waals surface area contributed by atoms with Crippen molar-refractivity contribution < 1.29 is 9.13 Å². The minimum Gasteiger partial charge on any atom is -0.496 e. The predicted octanol–water partition coefficient (Wildman–Crippen LogP) is 2.67. The maximum Gasteiger partial charge on any atom is 0.124 e. The summed E-state index contributed by atoms with van der Waals surface area (Å²) in [7, 11) is 1.65. The highest BCUT2D eigenvalue weighted by Gasteiger charge is 2.10. The molecule has 0 fully saturated rings. The average Bonchev–Trinajstić information content (AvgIpc) is 2.17. The molecule has 3 heteroatoms. The summed E-state index contributed by atoms with van der Waals surface area (Å²) < 4.78 is 17.4. The van der Waals surface area contributed by atoms with Crippen molar-refractivity contribution in [2.24, 2.45) is 5.73 Å². The first kappa shape index (κ1) is 12.0. The Morgan fingerprint density at radius 2 is 1.87 bits per heavy atom. The summed E-state index contributed by atoms with van der Waals surface area (Å²) in [5.41, 5.74) is 8.92. The topological polar surface area (TPSA) is 35.2 Å². The van der Waals surface area contributed by atoms with E-state index in [2.05, 4.69) is 0 Å². The Bertz CT molecular complexity index is 315. The zero-order chi connectivity index (χ0) is 11.4. The summed E-state index contributed by atoms with van der Waals surface area (Å²) in [6.07, 6.45) is 0.366. The van der Waals surface area contributed by atoms with Gasteiger partial charge in [0.2, 0.25) is 0 Å². The van der Waals surface area contributed by atoms with E-state index in [9.17, 15) is 4.39 Å². The van der Waals surface area contributed by atoms with Crippen molar-refractivity contribution in [3.63, 3.8) is 0 Å². The Morgan fingerprint density at radius 1 is 1.33 bits per heavy atom. The van der Waals surface area contributed by atoms with Crippen LogP contribution in [0, 0.1) is 13.8 Å². The molecular weight excluding hydrogens is 193 g/mol. The summed E-state index contributed by atoms with van der Waals surface area (Å²) in [4.78, 5) is 0. The first-order chi connectivity index (χ1) is 7.10. The molecule has 0 unspecified atom stereocenters. The maximum atomic E-state index is 12.2. The van der Waals surface area contributed by atoms with Crippen LogP contribution in [0.3, 0.4) is 0 Å². The van der Waals surface area contributed by atoms with Gasteiger partial charge in [0.15, 0.2) is 0 Å².